The average Bonchev–Trinajstić information content (AvgIpc) is 2.11. The maximum Gasteiger partial charge on any atom is 0.0702 e. The molecule has 0 heterocycles. The standard InChI is InChI=1S/C10H14ClNO/c1-7-2-3-8(5-10(7)11)4-9(13)6-12/h2-3,5,9,13H,4,6,12H2,1H3. The summed E-state index contributed by atoms with van der Waals surface area (Å²) in [4.78, 5) is 0. The Kier molecular flexibility index (Phi) is 3.72. The molecule has 72 valence electrons. The quantitative estimate of drug-likeness (QED) is 0.776. The second kappa shape index (κ2) is 4.61. The maximum absolute atomic E-state index is 9.30. The van der Waals surface area contributed by atoms with E-state index >= 15 is 0 Å². The molecule has 3 N–H and O–H groups in total. The fourth-order valence-corrected chi connectivity index (χ4v) is 1.32. The molecule has 0 spiro atoms. The molecule has 0 aliphatic carbocycles. The van der Waals surface area contributed by atoms with Gasteiger partial charge in [-0.2, -0.15) is 0 Å². The van der Waals surface area contributed by atoms with Crippen molar-refractivity contribution in [3.05, 3.63) is 34.3 Å². The largest absolute Gasteiger partial charge is 0.391 e. The second-order valence-electron chi connectivity index (χ2n) is 3.18. The Hall–Kier alpha value is -0.570. The molecule has 0 aromatic heterocycles. The molecular formula is C10H14ClNO. The highest BCUT2D eigenvalue weighted by Crippen LogP contribution is 2.17. The summed E-state index contributed by atoms with van der Waals surface area (Å²) in [5.74, 6) is 0. The van der Waals surface area contributed by atoms with Crippen molar-refractivity contribution in [1.29, 1.82) is 0 Å². The number of nitrogens with two attached hydrogens (primary N) is 1. The third-order valence-electron chi connectivity index (χ3n) is 1.98. The van der Waals surface area contributed by atoms with Crippen LogP contribution in [0.3, 0.4) is 0 Å². The van der Waals surface area contributed by atoms with Gasteiger partial charge in [0.2, 0.25) is 0 Å². The van der Waals surface area contributed by atoms with E-state index in [2.05, 4.69) is 0 Å². The van der Waals surface area contributed by atoms with Crippen molar-refractivity contribution >= 4 is 11.6 Å². The first-order valence-corrected chi connectivity index (χ1v) is 4.64. The Morgan fingerprint density at radius 2 is 2.23 bits per heavy atom. The number of aryl methyl sites for hydroxylation is 1. The normalized spacial score (nSPS) is 12.9. The van der Waals surface area contributed by atoms with Gasteiger partial charge < -0.3 is 10.8 Å². The molecule has 1 rings (SSSR count). The van der Waals surface area contributed by atoms with Crippen LogP contribution in [0.15, 0.2) is 18.2 Å². The monoisotopic (exact) mass is 199 g/mol. The van der Waals surface area contributed by atoms with Crippen LogP contribution in [0.2, 0.25) is 5.02 Å². The van der Waals surface area contributed by atoms with Gasteiger partial charge in [-0.3, -0.25) is 0 Å². The van der Waals surface area contributed by atoms with Crippen molar-refractivity contribution < 1.29 is 5.11 Å². The Bertz CT molecular complexity index is 288. The SMILES string of the molecule is Cc1ccc(CC(O)CN)cc1Cl. The zero-order chi connectivity index (χ0) is 9.84. The smallest absolute Gasteiger partial charge is 0.0702 e. The van der Waals surface area contributed by atoms with E-state index in [1.807, 2.05) is 25.1 Å². The van der Waals surface area contributed by atoms with E-state index < -0.39 is 6.10 Å². The van der Waals surface area contributed by atoms with Gasteiger partial charge in [0.1, 0.15) is 0 Å². The Labute approximate surface area is 83.3 Å². The fraction of sp³-hybridized carbons (Fsp3) is 0.400. The first kappa shape index (κ1) is 10.5. The summed E-state index contributed by atoms with van der Waals surface area (Å²) < 4.78 is 0. The fourth-order valence-electron chi connectivity index (χ4n) is 1.12. The Morgan fingerprint density at radius 1 is 1.54 bits per heavy atom. The van der Waals surface area contributed by atoms with Crippen molar-refractivity contribution in [2.24, 2.45) is 5.73 Å². The predicted octanol–water partition coefficient (Wildman–Crippen LogP) is 1.51. The van der Waals surface area contributed by atoms with Gasteiger partial charge in [-0.1, -0.05) is 23.7 Å². The molecule has 0 amide bonds. The summed E-state index contributed by atoms with van der Waals surface area (Å²) in [5.41, 5.74) is 7.38. The molecule has 3 heteroatoms. The summed E-state index contributed by atoms with van der Waals surface area (Å²) in [6.07, 6.45) is 0.0926. The first-order chi connectivity index (χ1) is 6.13. The molecule has 1 unspecified atom stereocenters. The lowest BCUT2D eigenvalue weighted by Crippen LogP contribution is -2.21. The molecule has 13 heavy (non-hydrogen) atoms. The van der Waals surface area contributed by atoms with Gasteiger partial charge in [0.15, 0.2) is 0 Å². The van der Waals surface area contributed by atoms with E-state index in [9.17, 15) is 5.11 Å². The molecule has 1 atom stereocenters. The van der Waals surface area contributed by atoms with Crippen molar-refractivity contribution in [2.75, 3.05) is 6.54 Å². The van der Waals surface area contributed by atoms with Gasteiger partial charge in [-0.05, 0) is 30.5 Å². The predicted molar refractivity (Wildman–Crippen MR) is 55.0 cm³/mol. The third-order valence-corrected chi connectivity index (χ3v) is 2.39. The molecule has 0 aliphatic heterocycles. The van der Waals surface area contributed by atoms with Gasteiger partial charge in [0.05, 0.1) is 6.10 Å². The molecule has 0 radical (unpaired) electrons. The summed E-state index contributed by atoms with van der Waals surface area (Å²) in [7, 11) is 0. The molecule has 0 saturated heterocycles. The van der Waals surface area contributed by atoms with Crippen molar-refractivity contribution in [3.8, 4) is 0 Å². The van der Waals surface area contributed by atoms with E-state index in [0.717, 1.165) is 16.1 Å². The first-order valence-electron chi connectivity index (χ1n) is 4.26. The number of aliphatic hydroxyl groups excluding tert-OH is 1. The van der Waals surface area contributed by atoms with Gasteiger partial charge >= 0.3 is 0 Å². The summed E-state index contributed by atoms with van der Waals surface area (Å²) >= 11 is 5.93. The molecule has 1 aromatic rings. The molecule has 0 fully saturated rings. The van der Waals surface area contributed by atoms with Crippen molar-refractivity contribution in [1.82, 2.24) is 0 Å². The highest BCUT2D eigenvalue weighted by molar-refractivity contribution is 6.31. The third kappa shape index (κ3) is 2.99. The lowest BCUT2D eigenvalue weighted by Gasteiger charge is -2.08. The van der Waals surface area contributed by atoms with Crippen LogP contribution in [0.25, 0.3) is 0 Å². The van der Waals surface area contributed by atoms with Gasteiger partial charge in [-0.25, -0.2) is 0 Å². The number of benzene rings is 1. The van der Waals surface area contributed by atoms with Gasteiger partial charge in [0, 0.05) is 11.6 Å². The highest BCUT2D eigenvalue weighted by Gasteiger charge is 2.04. The van der Waals surface area contributed by atoms with E-state index in [-0.39, 0.29) is 6.54 Å². The minimum Gasteiger partial charge on any atom is -0.391 e. The van der Waals surface area contributed by atoms with Gasteiger partial charge in [-0.15, -0.1) is 0 Å². The molecular weight excluding hydrogens is 186 g/mol. The summed E-state index contributed by atoms with van der Waals surface area (Å²) in [5, 5.41) is 10.0. The van der Waals surface area contributed by atoms with Crippen LogP contribution in [0.1, 0.15) is 11.1 Å². The Morgan fingerprint density at radius 3 is 2.77 bits per heavy atom. The molecule has 1 aromatic carbocycles. The molecule has 2 nitrogen and oxygen atoms in total. The van der Waals surface area contributed by atoms with Crippen LogP contribution in [-0.2, 0) is 6.42 Å². The zero-order valence-electron chi connectivity index (χ0n) is 7.63. The summed E-state index contributed by atoms with van der Waals surface area (Å²) in [6.45, 7) is 2.23. The molecule has 0 aliphatic rings. The highest BCUT2D eigenvalue weighted by atomic mass is 35.5. The maximum atomic E-state index is 9.30. The lowest BCUT2D eigenvalue weighted by molar-refractivity contribution is 0.183. The number of aliphatic hydroxyl groups is 1. The minimum absolute atomic E-state index is 0.283. The van der Waals surface area contributed by atoms with Crippen LogP contribution < -0.4 is 5.73 Å². The summed E-state index contributed by atoms with van der Waals surface area (Å²) in [6, 6.07) is 5.77. The Balaban J connectivity index is 2.73. The van der Waals surface area contributed by atoms with Crippen LogP contribution >= 0.6 is 11.6 Å². The topological polar surface area (TPSA) is 46.2 Å². The van der Waals surface area contributed by atoms with Crippen LogP contribution in [0, 0.1) is 6.92 Å². The van der Waals surface area contributed by atoms with E-state index in [1.54, 1.807) is 0 Å². The average molecular weight is 200 g/mol. The van der Waals surface area contributed by atoms with E-state index in [1.165, 1.54) is 0 Å². The zero-order valence-corrected chi connectivity index (χ0v) is 8.38. The van der Waals surface area contributed by atoms with Crippen molar-refractivity contribution in [3.63, 3.8) is 0 Å². The lowest BCUT2D eigenvalue weighted by atomic mass is 10.1. The van der Waals surface area contributed by atoms with Crippen LogP contribution in [0.4, 0.5) is 0 Å². The van der Waals surface area contributed by atoms with E-state index in [0.29, 0.717) is 6.42 Å². The molecule has 0 bridgehead atoms. The van der Waals surface area contributed by atoms with Crippen LogP contribution in [0.5, 0.6) is 0 Å². The molecule has 0 saturated carbocycles. The number of rotatable bonds is 3. The number of hydrogen-bond donors (Lipinski definition) is 2. The second-order valence-corrected chi connectivity index (χ2v) is 3.58. The minimum atomic E-state index is -0.473. The number of halogens is 1. The number of hydrogen-bond acceptors (Lipinski definition) is 2. The van der Waals surface area contributed by atoms with Crippen molar-refractivity contribution in [2.45, 2.75) is 19.4 Å². The van der Waals surface area contributed by atoms with Crippen LogP contribution in [-0.4, -0.2) is 17.8 Å². The van der Waals surface area contributed by atoms with E-state index in [4.69, 9.17) is 17.3 Å². The van der Waals surface area contributed by atoms with Gasteiger partial charge in [0.25, 0.3) is 0 Å².